The molecule has 3 nitrogen and oxygen atoms in total. The SMILES string of the molecule is Cc1cc(F)ccc1S(=O)(=O)N(C)CCCl. The minimum Gasteiger partial charge on any atom is -0.207 e. The molecule has 6 heteroatoms. The van der Waals surface area contributed by atoms with Gasteiger partial charge in [-0.25, -0.2) is 12.8 Å². The van der Waals surface area contributed by atoms with E-state index in [-0.39, 0.29) is 17.3 Å². The number of aryl methyl sites for hydroxylation is 1. The van der Waals surface area contributed by atoms with Gasteiger partial charge in [-0.3, -0.25) is 0 Å². The first-order valence-corrected chi connectivity index (χ1v) is 6.65. The largest absolute Gasteiger partial charge is 0.243 e. The molecule has 0 aromatic heterocycles. The zero-order valence-electron chi connectivity index (χ0n) is 9.07. The van der Waals surface area contributed by atoms with E-state index in [1.165, 1.54) is 19.2 Å². The second-order valence-electron chi connectivity index (χ2n) is 3.43. The van der Waals surface area contributed by atoms with Crippen molar-refractivity contribution < 1.29 is 12.8 Å². The van der Waals surface area contributed by atoms with E-state index in [0.29, 0.717) is 5.56 Å². The molecule has 0 fully saturated rings. The van der Waals surface area contributed by atoms with Gasteiger partial charge in [0.05, 0.1) is 4.90 Å². The van der Waals surface area contributed by atoms with E-state index in [0.717, 1.165) is 10.4 Å². The van der Waals surface area contributed by atoms with E-state index in [4.69, 9.17) is 11.6 Å². The highest BCUT2D eigenvalue weighted by atomic mass is 35.5. The van der Waals surface area contributed by atoms with Gasteiger partial charge >= 0.3 is 0 Å². The van der Waals surface area contributed by atoms with E-state index in [9.17, 15) is 12.8 Å². The Morgan fingerprint density at radius 3 is 2.56 bits per heavy atom. The van der Waals surface area contributed by atoms with Gasteiger partial charge in [-0.2, -0.15) is 4.31 Å². The normalized spacial score (nSPS) is 12.1. The van der Waals surface area contributed by atoms with Gasteiger partial charge in [0.1, 0.15) is 5.82 Å². The first-order chi connectivity index (χ1) is 7.39. The molecule has 0 saturated heterocycles. The molecule has 0 unspecified atom stereocenters. The monoisotopic (exact) mass is 265 g/mol. The maximum Gasteiger partial charge on any atom is 0.243 e. The molecule has 0 amide bonds. The molecular weight excluding hydrogens is 253 g/mol. The lowest BCUT2D eigenvalue weighted by molar-refractivity contribution is 0.487. The van der Waals surface area contributed by atoms with E-state index in [1.54, 1.807) is 6.92 Å². The molecule has 0 aliphatic rings. The van der Waals surface area contributed by atoms with Crippen molar-refractivity contribution in [1.29, 1.82) is 0 Å². The number of benzene rings is 1. The van der Waals surface area contributed by atoms with Gasteiger partial charge in [-0.15, -0.1) is 11.6 Å². The second-order valence-corrected chi connectivity index (χ2v) is 5.82. The van der Waals surface area contributed by atoms with Crippen molar-refractivity contribution in [3.8, 4) is 0 Å². The summed E-state index contributed by atoms with van der Waals surface area (Å²) < 4.78 is 38.0. The summed E-state index contributed by atoms with van der Waals surface area (Å²) in [6.45, 7) is 1.78. The zero-order chi connectivity index (χ0) is 12.3. The number of nitrogens with zero attached hydrogens (tertiary/aromatic N) is 1. The Hall–Kier alpha value is -0.650. The Balaban J connectivity index is 3.17. The summed E-state index contributed by atoms with van der Waals surface area (Å²) in [5.74, 6) is -0.230. The van der Waals surface area contributed by atoms with Gasteiger partial charge in [0.25, 0.3) is 0 Å². The molecular formula is C10H13ClFNO2S. The van der Waals surface area contributed by atoms with Crippen LogP contribution in [-0.2, 0) is 10.0 Å². The van der Waals surface area contributed by atoms with E-state index >= 15 is 0 Å². The predicted octanol–water partition coefficient (Wildman–Crippen LogP) is 1.99. The first kappa shape index (κ1) is 13.4. The summed E-state index contributed by atoms with van der Waals surface area (Å²) in [6.07, 6.45) is 0. The number of hydrogen-bond acceptors (Lipinski definition) is 2. The minimum absolute atomic E-state index is 0.113. The Bertz CT molecular complexity index is 476. The number of rotatable bonds is 4. The smallest absolute Gasteiger partial charge is 0.207 e. The lowest BCUT2D eigenvalue weighted by atomic mass is 10.2. The van der Waals surface area contributed by atoms with Crippen molar-refractivity contribution in [1.82, 2.24) is 4.31 Å². The molecule has 0 N–H and O–H groups in total. The lowest BCUT2D eigenvalue weighted by Gasteiger charge is -2.17. The molecule has 0 aliphatic heterocycles. The average molecular weight is 266 g/mol. The van der Waals surface area contributed by atoms with Crippen LogP contribution in [0.15, 0.2) is 23.1 Å². The number of hydrogen-bond donors (Lipinski definition) is 0. The van der Waals surface area contributed by atoms with Crippen LogP contribution in [0, 0.1) is 12.7 Å². The third-order valence-electron chi connectivity index (χ3n) is 2.22. The number of halogens is 2. The average Bonchev–Trinajstić information content (AvgIpc) is 2.17. The summed E-state index contributed by atoms with van der Waals surface area (Å²) in [6, 6.07) is 3.60. The van der Waals surface area contributed by atoms with Crippen LogP contribution in [0.2, 0.25) is 0 Å². The fraction of sp³-hybridized carbons (Fsp3) is 0.400. The van der Waals surface area contributed by atoms with E-state index in [2.05, 4.69) is 0 Å². The van der Waals surface area contributed by atoms with Crippen molar-refractivity contribution in [2.75, 3.05) is 19.5 Å². The third-order valence-corrected chi connectivity index (χ3v) is 4.41. The molecule has 0 saturated carbocycles. The van der Waals surface area contributed by atoms with Gasteiger partial charge in [0.2, 0.25) is 10.0 Å². The molecule has 0 spiro atoms. The van der Waals surface area contributed by atoms with Crippen LogP contribution >= 0.6 is 11.6 Å². The number of sulfonamides is 1. The second kappa shape index (κ2) is 5.12. The molecule has 90 valence electrons. The standard InChI is InChI=1S/C10H13ClFNO2S/c1-8-7-9(12)3-4-10(8)16(14,15)13(2)6-5-11/h3-4,7H,5-6H2,1-2H3. The summed E-state index contributed by atoms with van der Waals surface area (Å²) in [7, 11) is -2.12. The fourth-order valence-corrected chi connectivity index (χ4v) is 3.04. The van der Waals surface area contributed by atoms with Crippen LogP contribution in [0.5, 0.6) is 0 Å². The molecule has 1 aromatic rings. The number of alkyl halides is 1. The Morgan fingerprint density at radius 1 is 1.44 bits per heavy atom. The van der Waals surface area contributed by atoms with Crippen molar-refractivity contribution >= 4 is 21.6 Å². The van der Waals surface area contributed by atoms with Crippen molar-refractivity contribution in [3.63, 3.8) is 0 Å². The molecule has 0 bridgehead atoms. The quantitative estimate of drug-likeness (QED) is 0.781. The molecule has 1 aromatic carbocycles. The van der Waals surface area contributed by atoms with Crippen LogP contribution in [-0.4, -0.2) is 32.2 Å². The summed E-state index contributed by atoms with van der Waals surface area (Å²) in [5.41, 5.74) is 0.390. The molecule has 0 aliphatic carbocycles. The lowest BCUT2D eigenvalue weighted by Crippen LogP contribution is -2.29. The predicted molar refractivity (Wildman–Crippen MR) is 61.7 cm³/mol. The van der Waals surface area contributed by atoms with Gasteiger partial charge in [-0.1, -0.05) is 0 Å². The van der Waals surface area contributed by atoms with Crippen molar-refractivity contribution in [3.05, 3.63) is 29.6 Å². The molecule has 0 radical (unpaired) electrons. The Kier molecular flexibility index (Phi) is 4.29. The van der Waals surface area contributed by atoms with Crippen LogP contribution in [0.25, 0.3) is 0 Å². The van der Waals surface area contributed by atoms with Gasteiger partial charge < -0.3 is 0 Å². The topological polar surface area (TPSA) is 37.4 Å². The molecule has 16 heavy (non-hydrogen) atoms. The first-order valence-electron chi connectivity index (χ1n) is 4.68. The Labute approximate surface area is 99.9 Å². The van der Waals surface area contributed by atoms with Crippen LogP contribution in [0.3, 0.4) is 0 Å². The highest BCUT2D eigenvalue weighted by molar-refractivity contribution is 7.89. The maximum absolute atomic E-state index is 12.9. The van der Waals surface area contributed by atoms with E-state index in [1.807, 2.05) is 0 Å². The van der Waals surface area contributed by atoms with Gasteiger partial charge in [-0.05, 0) is 30.7 Å². The molecule has 1 rings (SSSR count). The highest BCUT2D eigenvalue weighted by Gasteiger charge is 2.22. The van der Waals surface area contributed by atoms with Crippen molar-refractivity contribution in [2.24, 2.45) is 0 Å². The van der Waals surface area contributed by atoms with Gasteiger partial charge in [0, 0.05) is 19.5 Å². The van der Waals surface area contributed by atoms with Crippen LogP contribution in [0.4, 0.5) is 4.39 Å². The Morgan fingerprint density at radius 2 is 2.06 bits per heavy atom. The highest BCUT2D eigenvalue weighted by Crippen LogP contribution is 2.19. The van der Waals surface area contributed by atoms with E-state index < -0.39 is 15.8 Å². The summed E-state index contributed by atoms with van der Waals surface area (Å²) in [4.78, 5) is 0.113. The van der Waals surface area contributed by atoms with Gasteiger partial charge in [0.15, 0.2) is 0 Å². The minimum atomic E-state index is -3.57. The summed E-state index contributed by atoms with van der Waals surface area (Å²) >= 11 is 5.49. The summed E-state index contributed by atoms with van der Waals surface area (Å²) in [5, 5.41) is 0. The van der Waals surface area contributed by atoms with Crippen LogP contribution in [0.1, 0.15) is 5.56 Å². The zero-order valence-corrected chi connectivity index (χ0v) is 10.6. The van der Waals surface area contributed by atoms with Crippen molar-refractivity contribution in [2.45, 2.75) is 11.8 Å². The molecule has 0 heterocycles. The maximum atomic E-state index is 12.9. The molecule has 0 atom stereocenters. The van der Waals surface area contributed by atoms with Crippen LogP contribution < -0.4 is 0 Å². The third kappa shape index (κ3) is 2.72. The fourth-order valence-electron chi connectivity index (χ4n) is 1.31.